The van der Waals surface area contributed by atoms with Crippen molar-refractivity contribution in [3.63, 3.8) is 0 Å². The average molecular weight is 274 g/mol. The maximum Gasteiger partial charge on any atom is 0.248 e. The fourth-order valence-corrected chi connectivity index (χ4v) is 2.63. The highest BCUT2D eigenvalue weighted by molar-refractivity contribution is 5.78. The molecular formula is C15H18N2O3. The number of carbonyl (C=O) groups is 1. The monoisotopic (exact) mass is 274 g/mol. The van der Waals surface area contributed by atoms with Crippen LogP contribution >= 0.6 is 0 Å². The molecule has 1 amide bonds. The number of amides is 1. The summed E-state index contributed by atoms with van der Waals surface area (Å²) in [6.45, 7) is 3.58. The predicted molar refractivity (Wildman–Crippen MR) is 74.6 cm³/mol. The molecule has 1 aromatic heterocycles. The van der Waals surface area contributed by atoms with Gasteiger partial charge >= 0.3 is 0 Å². The van der Waals surface area contributed by atoms with Gasteiger partial charge in [-0.2, -0.15) is 0 Å². The zero-order valence-corrected chi connectivity index (χ0v) is 11.8. The summed E-state index contributed by atoms with van der Waals surface area (Å²) >= 11 is 0. The van der Waals surface area contributed by atoms with Gasteiger partial charge in [-0.3, -0.25) is 4.79 Å². The molecule has 3 rings (SSSR count). The Morgan fingerprint density at radius 3 is 3.20 bits per heavy atom. The highest BCUT2D eigenvalue weighted by atomic mass is 16.5. The van der Waals surface area contributed by atoms with Crippen molar-refractivity contribution in [2.75, 3.05) is 26.8 Å². The van der Waals surface area contributed by atoms with Gasteiger partial charge in [0.25, 0.3) is 0 Å². The summed E-state index contributed by atoms with van der Waals surface area (Å²) in [6, 6.07) is 5.98. The predicted octanol–water partition coefficient (Wildman–Crippen LogP) is 2.10. The van der Waals surface area contributed by atoms with Crippen LogP contribution in [0.4, 0.5) is 0 Å². The molecule has 0 unspecified atom stereocenters. The first-order valence-corrected chi connectivity index (χ1v) is 6.81. The minimum Gasteiger partial charge on any atom is -0.440 e. The Kier molecular flexibility index (Phi) is 3.44. The van der Waals surface area contributed by atoms with Gasteiger partial charge in [0.1, 0.15) is 12.1 Å². The van der Waals surface area contributed by atoms with Crippen molar-refractivity contribution >= 4 is 17.0 Å². The third-order valence-electron chi connectivity index (χ3n) is 3.72. The molecule has 106 valence electrons. The number of likely N-dealkylation sites (tertiary alicyclic amines) is 1. The number of rotatable bonds is 3. The van der Waals surface area contributed by atoms with E-state index < -0.39 is 0 Å². The number of aromatic nitrogens is 1. The van der Waals surface area contributed by atoms with E-state index in [1.807, 2.05) is 30.0 Å². The number of fused-ring (bicyclic) bond motifs is 1. The Morgan fingerprint density at radius 1 is 1.55 bits per heavy atom. The minimum atomic E-state index is 0.0296. The van der Waals surface area contributed by atoms with Gasteiger partial charge in [-0.1, -0.05) is 6.07 Å². The van der Waals surface area contributed by atoms with Gasteiger partial charge in [-0.25, -0.2) is 4.98 Å². The molecule has 0 aliphatic carbocycles. The first-order chi connectivity index (χ1) is 9.67. The molecule has 5 heteroatoms. The van der Waals surface area contributed by atoms with Crippen LogP contribution in [0, 0.1) is 6.92 Å². The lowest BCUT2D eigenvalue weighted by molar-refractivity contribution is -0.134. The second-order valence-electron chi connectivity index (χ2n) is 5.28. The number of carbonyl (C=O) groups excluding carboxylic acids is 1. The van der Waals surface area contributed by atoms with Gasteiger partial charge in [0.05, 0.1) is 5.92 Å². The standard InChI is InChI=1S/C15H18N2O3/c1-10-3-4-13-12(7-10)16-15(20-13)11-5-6-17(8-11)14(18)9-19-2/h3-4,7,11H,5-6,8-9H2,1-2H3/t11-/m1/s1. The molecule has 0 N–H and O–H groups in total. The Balaban J connectivity index is 1.77. The lowest BCUT2D eigenvalue weighted by atomic mass is 10.1. The quantitative estimate of drug-likeness (QED) is 0.860. The molecule has 0 saturated carbocycles. The van der Waals surface area contributed by atoms with E-state index in [0.717, 1.165) is 30.0 Å². The number of benzene rings is 1. The Morgan fingerprint density at radius 2 is 2.40 bits per heavy atom. The summed E-state index contributed by atoms with van der Waals surface area (Å²) < 4.78 is 10.7. The zero-order valence-electron chi connectivity index (χ0n) is 11.8. The molecule has 0 bridgehead atoms. The van der Waals surface area contributed by atoms with E-state index >= 15 is 0 Å². The highest BCUT2D eigenvalue weighted by Gasteiger charge is 2.30. The smallest absolute Gasteiger partial charge is 0.248 e. The van der Waals surface area contributed by atoms with Crippen molar-refractivity contribution in [1.82, 2.24) is 9.88 Å². The molecule has 1 fully saturated rings. The fraction of sp³-hybridized carbons (Fsp3) is 0.467. The molecule has 0 radical (unpaired) electrons. The van der Waals surface area contributed by atoms with Gasteiger partial charge in [0.15, 0.2) is 11.5 Å². The number of ether oxygens (including phenoxy) is 1. The molecule has 2 heterocycles. The Bertz CT molecular complexity index is 635. The van der Waals surface area contributed by atoms with Crippen molar-refractivity contribution in [3.05, 3.63) is 29.7 Å². The number of nitrogens with zero attached hydrogens (tertiary/aromatic N) is 2. The van der Waals surface area contributed by atoms with Crippen LogP contribution < -0.4 is 0 Å². The number of oxazole rings is 1. The van der Waals surface area contributed by atoms with E-state index in [1.165, 1.54) is 12.7 Å². The van der Waals surface area contributed by atoms with Gasteiger partial charge in [0, 0.05) is 20.2 Å². The summed E-state index contributed by atoms with van der Waals surface area (Å²) in [5, 5.41) is 0. The molecule has 1 aliphatic heterocycles. The number of hydrogen-bond donors (Lipinski definition) is 0. The van der Waals surface area contributed by atoms with Crippen molar-refractivity contribution in [2.45, 2.75) is 19.3 Å². The number of hydrogen-bond acceptors (Lipinski definition) is 4. The summed E-state index contributed by atoms with van der Waals surface area (Å²) in [6.07, 6.45) is 0.890. The van der Waals surface area contributed by atoms with Crippen LogP contribution in [0.3, 0.4) is 0 Å². The number of aryl methyl sites for hydroxylation is 1. The van der Waals surface area contributed by atoms with Crippen molar-refractivity contribution < 1.29 is 13.9 Å². The summed E-state index contributed by atoms with van der Waals surface area (Å²) in [4.78, 5) is 18.2. The second kappa shape index (κ2) is 5.25. The first-order valence-electron chi connectivity index (χ1n) is 6.81. The van der Waals surface area contributed by atoms with Crippen molar-refractivity contribution in [1.29, 1.82) is 0 Å². The molecule has 1 atom stereocenters. The maximum absolute atomic E-state index is 11.8. The van der Waals surface area contributed by atoms with Crippen LogP contribution in [-0.4, -0.2) is 42.6 Å². The van der Waals surface area contributed by atoms with Crippen LogP contribution in [-0.2, 0) is 9.53 Å². The number of methoxy groups -OCH3 is 1. The van der Waals surface area contributed by atoms with E-state index in [0.29, 0.717) is 6.54 Å². The van der Waals surface area contributed by atoms with Crippen LogP contribution in [0.15, 0.2) is 22.6 Å². The van der Waals surface area contributed by atoms with E-state index in [9.17, 15) is 4.79 Å². The first kappa shape index (κ1) is 13.1. The van der Waals surface area contributed by atoms with Crippen LogP contribution in [0.2, 0.25) is 0 Å². The van der Waals surface area contributed by atoms with Crippen molar-refractivity contribution in [3.8, 4) is 0 Å². The SMILES string of the molecule is COCC(=O)N1CC[C@@H](c2nc3cc(C)ccc3o2)C1. The normalized spacial score (nSPS) is 18.9. The Labute approximate surface area is 117 Å². The summed E-state index contributed by atoms with van der Waals surface area (Å²) in [5.41, 5.74) is 2.87. The van der Waals surface area contributed by atoms with E-state index in [2.05, 4.69) is 4.98 Å². The van der Waals surface area contributed by atoms with Crippen LogP contribution in [0.1, 0.15) is 23.8 Å². The lowest BCUT2D eigenvalue weighted by Gasteiger charge is -2.14. The molecule has 5 nitrogen and oxygen atoms in total. The molecule has 1 aliphatic rings. The minimum absolute atomic E-state index is 0.0296. The Hall–Kier alpha value is -1.88. The van der Waals surface area contributed by atoms with Gasteiger partial charge in [-0.15, -0.1) is 0 Å². The van der Waals surface area contributed by atoms with Crippen molar-refractivity contribution in [2.24, 2.45) is 0 Å². The average Bonchev–Trinajstić information content (AvgIpc) is 3.04. The van der Waals surface area contributed by atoms with Gasteiger partial charge in [-0.05, 0) is 31.0 Å². The fourth-order valence-electron chi connectivity index (χ4n) is 2.63. The topological polar surface area (TPSA) is 55.6 Å². The molecule has 1 saturated heterocycles. The van der Waals surface area contributed by atoms with E-state index in [-0.39, 0.29) is 18.4 Å². The van der Waals surface area contributed by atoms with Gasteiger partial charge in [0.2, 0.25) is 5.91 Å². The second-order valence-corrected chi connectivity index (χ2v) is 5.28. The van der Waals surface area contributed by atoms with E-state index in [4.69, 9.17) is 9.15 Å². The molecule has 20 heavy (non-hydrogen) atoms. The van der Waals surface area contributed by atoms with Gasteiger partial charge < -0.3 is 14.1 Å². The summed E-state index contributed by atoms with van der Waals surface area (Å²) in [7, 11) is 1.54. The zero-order chi connectivity index (χ0) is 14.1. The lowest BCUT2D eigenvalue weighted by Crippen LogP contribution is -2.31. The molecular weight excluding hydrogens is 256 g/mol. The largest absolute Gasteiger partial charge is 0.440 e. The van der Waals surface area contributed by atoms with Crippen LogP contribution in [0.5, 0.6) is 0 Å². The van der Waals surface area contributed by atoms with Crippen LogP contribution in [0.25, 0.3) is 11.1 Å². The molecule has 0 spiro atoms. The molecule has 1 aromatic carbocycles. The molecule has 2 aromatic rings. The van der Waals surface area contributed by atoms with E-state index in [1.54, 1.807) is 0 Å². The third-order valence-corrected chi connectivity index (χ3v) is 3.72. The third kappa shape index (κ3) is 2.41. The highest BCUT2D eigenvalue weighted by Crippen LogP contribution is 2.29. The summed E-state index contributed by atoms with van der Waals surface area (Å²) in [5.74, 6) is 0.948. The maximum atomic E-state index is 11.8.